The third-order valence-corrected chi connectivity index (χ3v) is 1.54. The van der Waals surface area contributed by atoms with Crippen molar-refractivity contribution in [3.63, 3.8) is 0 Å². The van der Waals surface area contributed by atoms with Crippen molar-refractivity contribution in [1.29, 1.82) is 0 Å². The minimum atomic E-state index is -1.52. The van der Waals surface area contributed by atoms with E-state index in [1.54, 1.807) is 0 Å². The molecule has 0 fully saturated rings. The maximum atomic E-state index is 12.8. The molecule has 0 amide bonds. The van der Waals surface area contributed by atoms with E-state index in [-0.39, 0.29) is 0 Å². The number of halogens is 1. The third-order valence-electron chi connectivity index (χ3n) is 1.54. The molecule has 1 aromatic rings. The molecule has 0 atom stereocenters. The van der Waals surface area contributed by atoms with Gasteiger partial charge in [0, 0.05) is 0 Å². The minimum Gasteiger partial charge on any atom is -0.477 e. The van der Waals surface area contributed by atoms with Crippen LogP contribution in [0.5, 0.6) is 0 Å². The van der Waals surface area contributed by atoms with E-state index in [2.05, 4.69) is 0 Å². The zero-order chi connectivity index (χ0) is 10.9. The summed E-state index contributed by atoms with van der Waals surface area (Å²) in [6, 6.07) is 1.20. The quantitative estimate of drug-likeness (QED) is 0.415. The number of rotatable bonds is 2. The van der Waals surface area contributed by atoms with Crippen LogP contribution < -0.4 is 5.46 Å². The van der Waals surface area contributed by atoms with Gasteiger partial charge >= 0.3 is 5.97 Å². The number of nitro groups is 1. The molecule has 0 heterocycles. The highest BCUT2D eigenvalue weighted by Gasteiger charge is 2.21. The molecule has 14 heavy (non-hydrogen) atoms. The fourth-order valence-corrected chi connectivity index (χ4v) is 0.902. The predicted molar refractivity (Wildman–Crippen MR) is 45.4 cm³/mol. The number of hydrogen-bond donors (Lipinski definition) is 1. The van der Waals surface area contributed by atoms with Crippen molar-refractivity contribution in [3.05, 3.63) is 33.6 Å². The highest BCUT2D eigenvalue weighted by molar-refractivity contribution is 6.33. The van der Waals surface area contributed by atoms with Crippen LogP contribution in [0.3, 0.4) is 0 Å². The molecule has 1 rings (SSSR count). The lowest BCUT2D eigenvalue weighted by molar-refractivity contribution is -0.385. The lowest BCUT2D eigenvalue weighted by Gasteiger charge is -2.00. The lowest BCUT2D eigenvalue weighted by atomic mass is 9.93. The highest BCUT2D eigenvalue weighted by Crippen LogP contribution is 2.17. The Morgan fingerprint density at radius 3 is 2.57 bits per heavy atom. The first-order valence-electron chi connectivity index (χ1n) is 3.40. The van der Waals surface area contributed by atoms with E-state index < -0.39 is 33.4 Å². The van der Waals surface area contributed by atoms with Crippen LogP contribution in [0.15, 0.2) is 12.1 Å². The number of carbonyl (C=O) groups is 1. The number of aromatic carboxylic acids is 1. The number of hydrogen-bond acceptors (Lipinski definition) is 3. The zero-order valence-electron chi connectivity index (χ0n) is 6.73. The van der Waals surface area contributed by atoms with Crippen LogP contribution in [0.1, 0.15) is 10.4 Å². The summed E-state index contributed by atoms with van der Waals surface area (Å²) in [5.74, 6) is -2.54. The van der Waals surface area contributed by atoms with Crippen molar-refractivity contribution in [3.8, 4) is 0 Å². The topological polar surface area (TPSA) is 80.4 Å². The number of nitro benzene ring substituents is 1. The summed E-state index contributed by atoms with van der Waals surface area (Å²) in [5.41, 5.74) is -1.88. The second kappa shape index (κ2) is 3.45. The van der Waals surface area contributed by atoms with Crippen LogP contribution in [-0.4, -0.2) is 23.8 Å². The van der Waals surface area contributed by atoms with Crippen LogP contribution >= 0.6 is 0 Å². The van der Waals surface area contributed by atoms with E-state index in [0.717, 1.165) is 6.07 Å². The largest absolute Gasteiger partial charge is 0.477 e. The molecule has 0 spiro atoms. The van der Waals surface area contributed by atoms with Gasteiger partial charge in [-0.1, -0.05) is 5.46 Å². The average molecular weight is 195 g/mol. The fourth-order valence-electron chi connectivity index (χ4n) is 0.902. The molecule has 0 aliphatic carbocycles. The Labute approximate surface area is 78.7 Å². The van der Waals surface area contributed by atoms with Gasteiger partial charge in [-0.25, -0.2) is 9.18 Å². The van der Waals surface area contributed by atoms with Crippen LogP contribution in [0.4, 0.5) is 10.1 Å². The van der Waals surface area contributed by atoms with Crippen LogP contribution in [-0.2, 0) is 0 Å². The number of carboxylic acids is 1. The number of carboxylic acid groups (broad SMARTS) is 1. The normalized spacial score (nSPS) is 9.79. The van der Waals surface area contributed by atoms with Crippen molar-refractivity contribution < 1.29 is 19.2 Å². The van der Waals surface area contributed by atoms with Crippen LogP contribution in [0.25, 0.3) is 0 Å². The smallest absolute Gasteiger partial charge is 0.342 e. The Hall–Kier alpha value is -1.92. The van der Waals surface area contributed by atoms with Crippen LogP contribution in [0.2, 0.25) is 0 Å². The third kappa shape index (κ3) is 1.71. The molecule has 0 saturated heterocycles. The second-order valence-corrected chi connectivity index (χ2v) is 2.45. The van der Waals surface area contributed by atoms with Gasteiger partial charge in [-0.05, 0) is 6.07 Å². The van der Waals surface area contributed by atoms with Crippen molar-refractivity contribution in [2.24, 2.45) is 0 Å². The Balaban J connectivity index is 3.46. The van der Waals surface area contributed by atoms with Crippen molar-refractivity contribution in [2.75, 3.05) is 0 Å². The molecule has 1 aromatic carbocycles. The summed E-state index contributed by atoms with van der Waals surface area (Å²) < 4.78 is 12.8. The van der Waals surface area contributed by atoms with Crippen LogP contribution in [0, 0.1) is 15.9 Å². The van der Waals surface area contributed by atoms with E-state index in [0.29, 0.717) is 6.07 Å². The Morgan fingerprint density at radius 1 is 1.57 bits per heavy atom. The van der Waals surface area contributed by atoms with Crippen molar-refractivity contribution >= 4 is 25.0 Å². The monoisotopic (exact) mass is 195 g/mol. The summed E-state index contributed by atoms with van der Waals surface area (Å²) in [6.07, 6.45) is 0. The molecule has 5 nitrogen and oxygen atoms in total. The van der Waals surface area contributed by atoms with Gasteiger partial charge in [0.05, 0.1) is 11.0 Å². The summed E-state index contributed by atoms with van der Waals surface area (Å²) in [4.78, 5) is 19.9. The number of benzene rings is 1. The Kier molecular flexibility index (Phi) is 2.50. The van der Waals surface area contributed by atoms with Crippen molar-refractivity contribution in [2.45, 2.75) is 0 Å². The van der Waals surface area contributed by atoms with E-state index in [4.69, 9.17) is 13.0 Å². The lowest BCUT2D eigenvalue weighted by Crippen LogP contribution is -2.14. The van der Waals surface area contributed by atoms with Gasteiger partial charge in [0.25, 0.3) is 5.69 Å². The van der Waals surface area contributed by atoms with Gasteiger partial charge in [-0.3, -0.25) is 10.1 Å². The molecule has 0 unspecified atom stereocenters. The molecule has 0 aromatic heterocycles. The zero-order valence-corrected chi connectivity index (χ0v) is 6.73. The summed E-state index contributed by atoms with van der Waals surface area (Å²) in [7, 11) is 5.07. The molecule has 0 aliphatic heterocycles. The van der Waals surface area contributed by atoms with Gasteiger partial charge in [0.2, 0.25) is 0 Å². The molecular formula is C7H3BFNO4. The fraction of sp³-hybridized carbons (Fsp3) is 0. The van der Waals surface area contributed by atoms with E-state index in [1.165, 1.54) is 0 Å². The first-order valence-corrected chi connectivity index (χ1v) is 3.40. The average Bonchev–Trinajstić information content (AvgIpc) is 2.08. The molecular weight excluding hydrogens is 192 g/mol. The molecule has 0 bridgehead atoms. The standard InChI is InChI=1S/C7H3BFNO4/c8-4-1-3(7(11)12)6(10(13)14)2-5(4)9/h1-2H,(H,11,12). The molecule has 1 N–H and O–H groups in total. The van der Waals surface area contributed by atoms with Crippen molar-refractivity contribution in [1.82, 2.24) is 0 Å². The van der Waals surface area contributed by atoms with Gasteiger partial charge < -0.3 is 5.11 Å². The van der Waals surface area contributed by atoms with E-state index in [1.807, 2.05) is 0 Å². The van der Waals surface area contributed by atoms with Gasteiger partial charge in [0.1, 0.15) is 19.2 Å². The molecule has 70 valence electrons. The van der Waals surface area contributed by atoms with E-state index >= 15 is 0 Å². The SMILES string of the molecule is [B]c1cc(C(=O)O)c([N+](=O)[O-])cc1F. The Bertz CT molecular complexity index is 381. The summed E-state index contributed by atoms with van der Waals surface area (Å²) >= 11 is 0. The highest BCUT2D eigenvalue weighted by atomic mass is 19.1. The minimum absolute atomic E-state index is 0.437. The first-order chi connectivity index (χ1) is 6.43. The first kappa shape index (κ1) is 10.2. The maximum absolute atomic E-state index is 12.8. The van der Waals surface area contributed by atoms with E-state index in [9.17, 15) is 19.3 Å². The van der Waals surface area contributed by atoms with Gasteiger partial charge in [-0.15, -0.1) is 0 Å². The second-order valence-electron chi connectivity index (χ2n) is 2.45. The molecule has 0 saturated carbocycles. The Morgan fingerprint density at radius 2 is 2.14 bits per heavy atom. The van der Waals surface area contributed by atoms with Gasteiger partial charge in [-0.2, -0.15) is 0 Å². The summed E-state index contributed by atoms with van der Waals surface area (Å²) in [6.45, 7) is 0. The van der Waals surface area contributed by atoms with Gasteiger partial charge in [0.15, 0.2) is 0 Å². The maximum Gasteiger partial charge on any atom is 0.342 e. The number of nitrogens with zero attached hydrogens (tertiary/aromatic N) is 1. The predicted octanol–water partition coefficient (Wildman–Crippen LogP) is 0.226. The summed E-state index contributed by atoms with van der Waals surface area (Å²) in [5, 5.41) is 18.9. The molecule has 2 radical (unpaired) electrons. The molecule has 7 heteroatoms. The molecule has 0 aliphatic rings.